The summed E-state index contributed by atoms with van der Waals surface area (Å²) in [6, 6.07) is -1.06. The second kappa shape index (κ2) is 2.98. The minimum atomic E-state index is -1.14. The third-order valence-electron chi connectivity index (χ3n) is 2.29. The monoisotopic (exact) mass is 199 g/mol. The number of carboxylic acids is 1. The van der Waals surface area contributed by atoms with Gasteiger partial charge in [0.2, 0.25) is 5.91 Å². The minimum absolute atomic E-state index is 0.149. The highest BCUT2D eigenvalue weighted by molar-refractivity contribution is 5.91. The summed E-state index contributed by atoms with van der Waals surface area (Å²) in [5, 5.41) is 17.5. The lowest BCUT2D eigenvalue weighted by Gasteiger charge is -2.33. The van der Waals surface area contributed by atoms with Gasteiger partial charge in [0, 0.05) is 0 Å². The quantitative estimate of drug-likeness (QED) is 0.551. The van der Waals surface area contributed by atoms with Gasteiger partial charge in [-0.15, -0.1) is 0 Å². The zero-order valence-electron chi connectivity index (χ0n) is 7.21. The molecule has 6 nitrogen and oxygen atoms in total. The number of hydrogen-bond donors (Lipinski definition) is 2. The Bertz CT molecular complexity index is 324. The van der Waals surface area contributed by atoms with Crippen molar-refractivity contribution in [3.63, 3.8) is 0 Å². The summed E-state index contributed by atoms with van der Waals surface area (Å²) in [6.45, 7) is -0.298. The zero-order valence-corrected chi connectivity index (χ0v) is 7.21. The van der Waals surface area contributed by atoms with Crippen molar-refractivity contribution in [2.24, 2.45) is 0 Å². The van der Waals surface area contributed by atoms with Crippen LogP contribution in [0.15, 0.2) is 11.8 Å². The van der Waals surface area contributed by atoms with E-state index in [4.69, 9.17) is 14.9 Å². The van der Waals surface area contributed by atoms with E-state index >= 15 is 0 Å². The fourth-order valence-electron chi connectivity index (χ4n) is 1.66. The normalized spacial score (nSPS) is 32.5. The first-order valence-electron chi connectivity index (χ1n) is 4.16. The maximum atomic E-state index is 11.1. The van der Waals surface area contributed by atoms with Crippen LogP contribution in [0.4, 0.5) is 0 Å². The van der Waals surface area contributed by atoms with Crippen LogP contribution >= 0.6 is 0 Å². The standard InChI is InChI=1S/C8H9NO5/c10-2-1-4-7(8(12)13)9-5(11)3-6(9)14-4/h1,6-7,10H,2-3H2,(H,12,13)/b4-1+/t6-,7?/m0/s1. The second-order valence-electron chi connectivity index (χ2n) is 3.11. The average molecular weight is 199 g/mol. The number of carbonyl (C=O) groups excluding carboxylic acids is 1. The summed E-state index contributed by atoms with van der Waals surface area (Å²) in [4.78, 5) is 23.1. The van der Waals surface area contributed by atoms with Gasteiger partial charge >= 0.3 is 5.97 Å². The largest absolute Gasteiger partial charge is 0.479 e. The zero-order chi connectivity index (χ0) is 10.3. The number of carboxylic acid groups (broad SMARTS) is 1. The molecule has 2 aliphatic rings. The van der Waals surface area contributed by atoms with Crippen LogP contribution in [0.2, 0.25) is 0 Å². The van der Waals surface area contributed by atoms with Gasteiger partial charge in [-0.1, -0.05) is 0 Å². The van der Waals surface area contributed by atoms with Gasteiger partial charge in [0.15, 0.2) is 12.3 Å². The van der Waals surface area contributed by atoms with Crippen molar-refractivity contribution in [1.82, 2.24) is 4.90 Å². The molecule has 0 aromatic rings. The van der Waals surface area contributed by atoms with E-state index in [9.17, 15) is 9.59 Å². The molecule has 0 spiro atoms. The van der Waals surface area contributed by atoms with Gasteiger partial charge in [-0.2, -0.15) is 0 Å². The molecule has 0 aromatic heterocycles. The molecule has 1 amide bonds. The molecule has 2 saturated heterocycles. The first-order chi connectivity index (χ1) is 6.65. The van der Waals surface area contributed by atoms with Gasteiger partial charge in [-0.25, -0.2) is 4.79 Å². The minimum Gasteiger partial charge on any atom is -0.479 e. The third kappa shape index (κ3) is 1.07. The van der Waals surface area contributed by atoms with E-state index in [-0.39, 0.29) is 24.7 Å². The highest BCUT2D eigenvalue weighted by Gasteiger charge is 2.53. The van der Waals surface area contributed by atoms with E-state index < -0.39 is 18.2 Å². The van der Waals surface area contributed by atoms with E-state index in [1.54, 1.807) is 0 Å². The Morgan fingerprint density at radius 3 is 2.93 bits per heavy atom. The number of aliphatic carboxylic acids is 1. The Hall–Kier alpha value is -1.56. The molecule has 2 heterocycles. The van der Waals surface area contributed by atoms with E-state index in [0.717, 1.165) is 0 Å². The number of hydrogen-bond acceptors (Lipinski definition) is 4. The van der Waals surface area contributed by atoms with Crippen molar-refractivity contribution >= 4 is 11.9 Å². The van der Waals surface area contributed by atoms with Gasteiger partial charge in [0.05, 0.1) is 13.0 Å². The van der Waals surface area contributed by atoms with Crippen molar-refractivity contribution in [1.29, 1.82) is 0 Å². The molecule has 2 aliphatic heterocycles. The number of aliphatic hydroxyl groups is 1. The van der Waals surface area contributed by atoms with Crippen molar-refractivity contribution in [3.05, 3.63) is 11.8 Å². The van der Waals surface area contributed by atoms with Crippen molar-refractivity contribution in [2.45, 2.75) is 18.7 Å². The predicted molar refractivity (Wildman–Crippen MR) is 42.9 cm³/mol. The van der Waals surface area contributed by atoms with E-state index in [1.165, 1.54) is 11.0 Å². The molecule has 76 valence electrons. The molecular formula is C8H9NO5. The number of carbonyl (C=O) groups is 2. The molecule has 2 fully saturated rings. The first kappa shape index (κ1) is 9.01. The fourth-order valence-corrected chi connectivity index (χ4v) is 1.66. The van der Waals surface area contributed by atoms with Crippen LogP contribution in [0.5, 0.6) is 0 Å². The van der Waals surface area contributed by atoms with Crippen LogP contribution in [0.3, 0.4) is 0 Å². The number of β-lactam (4-membered cyclic amide) rings is 1. The SMILES string of the molecule is O=C(O)C1/C(=C\CO)O[C@H]2CC(=O)N12. The lowest BCUT2D eigenvalue weighted by atomic mass is 10.1. The van der Waals surface area contributed by atoms with Crippen molar-refractivity contribution < 1.29 is 24.5 Å². The van der Waals surface area contributed by atoms with Crippen molar-refractivity contribution in [2.75, 3.05) is 6.61 Å². The molecule has 1 unspecified atom stereocenters. The van der Waals surface area contributed by atoms with Gasteiger partial charge < -0.3 is 14.9 Å². The molecule has 0 aromatic carbocycles. The number of ether oxygens (including phenoxy) is 1. The third-order valence-corrected chi connectivity index (χ3v) is 2.29. The molecule has 2 N–H and O–H groups in total. The van der Waals surface area contributed by atoms with Gasteiger partial charge in [0.25, 0.3) is 0 Å². The van der Waals surface area contributed by atoms with E-state index in [2.05, 4.69) is 0 Å². The van der Waals surface area contributed by atoms with E-state index in [0.29, 0.717) is 0 Å². The summed E-state index contributed by atoms with van der Waals surface area (Å²) < 4.78 is 5.17. The fraction of sp³-hybridized carbons (Fsp3) is 0.500. The number of fused-ring (bicyclic) bond motifs is 1. The summed E-state index contributed by atoms with van der Waals surface area (Å²) >= 11 is 0. The summed E-state index contributed by atoms with van der Waals surface area (Å²) in [7, 11) is 0. The predicted octanol–water partition coefficient (Wildman–Crippen LogP) is -1.10. The van der Waals surface area contributed by atoms with Crippen LogP contribution in [-0.2, 0) is 14.3 Å². The molecular weight excluding hydrogens is 190 g/mol. The molecule has 14 heavy (non-hydrogen) atoms. The van der Waals surface area contributed by atoms with Crippen LogP contribution in [-0.4, -0.2) is 45.9 Å². The Kier molecular flexibility index (Phi) is 1.92. The summed E-state index contributed by atoms with van der Waals surface area (Å²) in [5.74, 6) is -1.22. The van der Waals surface area contributed by atoms with Crippen LogP contribution in [0.1, 0.15) is 6.42 Å². The van der Waals surface area contributed by atoms with Gasteiger partial charge in [-0.3, -0.25) is 9.69 Å². The lowest BCUT2D eigenvalue weighted by molar-refractivity contribution is -0.163. The van der Waals surface area contributed by atoms with Crippen LogP contribution < -0.4 is 0 Å². The highest BCUT2D eigenvalue weighted by Crippen LogP contribution is 2.36. The Morgan fingerprint density at radius 1 is 1.71 bits per heavy atom. The maximum absolute atomic E-state index is 11.1. The lowest BCUT2D eigenvalue weighted by Crippen LogP contribution is -2.54. The van der Waals surface area contributed by atoms with Crippen molar-refractivity contribution in [3.8, 4) is 0 Å². The molecule has 0 aliphatic carbocycles. The Balaban J connectivity index is 2.26. The van der Waals surface area contributed by atoms with Gasteiger partial charge in [-0.05, 0) is 6.08 Å². The second-order valence-corrected chi connectivity index (χ2v) is 3.11. The average Bonchev–Trinajstić information content (AvgIpc) is 2.39. The molecule has 0 saturated carbocycles. The summed E-state index contributed by atoms with van der Waals surface area (Å²) in [6.07, 6.45) is 1.03. The first-order valence-corrected chi connectivity index (χ1v) is 4.16. The molecule has 6 heteroatoms. The number of nitrogens with zero attached hydrogens (tertiary/aromatic N) is 1. The molecule has 2 atom stereocenters. The van der Waals surface area contributed by atoms with Crippen LogP contribution in [0, 0.1) is 0 Å². The molecule has 0 radical (unpaired) electrons. The van der Waals surface area contributed by atoms with Gasteiger partial charge in [0.1, 0.15) is 5.76 Å². The molecule has 0 bridgehead atoms. The Labute approximate surface area is 79.4 Å². The number of amides is 1. The molecule has 2 rings (SSSR count). The smallest absolute Gasteiger partial charge is 0.334 e. The van der Waals surface area contributed by atoms with Crippen LogP contribution in [0.25, 0.3) is 0 Å². The Morgan fingerprint density at radius 2 is 2.43 bits per heavy atom. The summed E-state index contributed by atoms with van der Waals surface area (Å²) in [5.41, 5.74) is 0. The number of aliphatic hydroxyl groups excluding tert-OH is 1. The maximum Gasteiger partial charge on any atom is 0.334 e. The topological polar surface area (TPSA) is 87.1 Å². The number of rotatable bonds is 2. The van der Waals surface area contributed by atoms with E-state index in [1.807, 2.05) is 0 Å². The highest BCUT2D eigenvalue weighted by atomic mass is 16.5.